The second-order valence-electron chi connectivity index (χ2n) is 11.7. The minimum atomic E-state index is -0.612. The van der Waals surface area contributed by atoms with Crippen molar-refractivity contribution < 1.29 is 33.7 Å². The van der Waals surface area contributed by atoms with Gasteiger partial charge in [-0.2, -0.15) is 0 Å². The first-order valence-corrected chi connectivity index (χ1v) is 16.9. The van der Waals surface area contributed by atoms with E-state index in [0.717, 1.165) is 35.3 Å². The monoisotopic (exact) mass is 683 g/mol. The van der Waals surface area contributed by atoms with Gasteiger partial charge in [0.25, 0.3) is 5.91 Å². The molecule has 0 aliphatic heterocycles. The van der Waals surface area contributed by atoms with Crippen molar-refractivity contribution in [2.75, 3.05) is 31.5 Å². The standard InChI is InChI=1S/C21H26N2O4.C19H23NO3/c1-3-4-5-15-6-9-17(10-7-15)23-13-16-8-11-19(27-14-20(22)24)18(12-16)21(25)26-2;1-3-4-5-14-6-9-16(10-7-14)20-13-15-8-11-18(21)17(12-15)19(22)23-2/h6-12,23H,3-5,13-14H2,1-2H3,(H2,22,24);6-12,20-21H,3-5,13H2,1-2H3. The fourth-order valence-electron chi connectivity index (χ4n) is 4.95. The number of aryl methyl sites for hydroxylation is 2. The summed E-state index contributed by atoms with van der Waals surface area (Å²) in [7, 11) is 2.60. The number of amides is 1. The molecule has 10 nitrogen and oxygen atoms in total. The Balaban J connectivity index is 0.000000274. The molecule has 266 valence electrons. The maximum atomic E-state index is 12.0. The normalized spacial score (nSPS) is 10.3. The highest BCUT2D eigenvalue weighted by atomic mass is 16.5. The number of ether oxygens (including phenoxy) is 3. The molecule has 0 saturated carbocycles. The molecule has 0 heterocycles. The summed E-state index contributed by atoms with van der Waals surface area (Å²) in [4.78, 5) is 34.5. The van der Waals surface area contributed by atoms with Crippen molar-refractivity contribution in [1.82, 2.24) is 0 Å². The molecule has 0 bridgehead atoms. The molecule has 0 unspecified atom stereocenters. The minimum absolute atomic E-state index is 0.0686. The number of aromatic hydroxyl groups is 1. The molecule has 4 rings (SSSR count). The summed E-state index contributed by atoms with van der Waals surface area (Å²) in [5, 5.41) is 16.3. The number of esters is 2. The Morgan fingerprint density at radius 2 is 1.08 bits per heavy atom. The van der Waals surface area contributed by atoms with Gasteiger partial charge in [-0.15, -0.1) is 0 Å². The second kappa shape index (κ2) is 20.8. The van der Waals surface area contributed by atoms with Crippen LogP contribution in [0.1, 0.15) is 82.5 Å². The lowest BCUT2D eigenvalue weighted by Crippen LogP contribution is -2.21. The Hall–Kier alpha value is -5.51. The number of rotatable bonds is 17. The fourth-order valence-corrected chi connectivity index (χ4v) is 4.95. The van der Waals surface area contributed by atoms with Crippen LogP contribution >= 0.6 is 0 Å². The molecule has 0 aromatic heterocycles. The number of phenols is 1. The topological polar surface area (TPSA) is 149 Å². The summed E-state index contributed by atoms with van der Waals surface area (Å²) in [5.41, 5.74) is 12.0. The van der Waals surface area contributed by atoms with Gasteiger partial charge in [0, 0.05) is 24.5 Å². The Labute approximate surface area is 295 Å². The predicted molar refractivity (Wildman–Crippen MR) is 197 cm³/mol. The van der Waals surface area contributed by atoms with E-state index in [2.05, 4.69) is 77.7 Å². The highest BCUT2D eigenvalue weighted by molar-refractivity contribution is 5.93. The second-order valence-corrected chi connectivity index (χ2v) is 11.7. The number of benzene rings is 4. The van der Waals surface area contributed by atoms with Gasteiger partial charge >= 0.3 is 11.9 Å². The van der Waals surface area contributed by atoms with Crippen LogP contribution in [0.5, 0.6) is 11.5 Å². The smallest absolute Gasteiger partial charge is 0.341 e. The summed E-state index contributed by atoms with van der Waals surface area (Å²) < 4.78 is 14.7. The summed E-state index contributed by atoms with van der Waals surface area (Å²) >= 11 is 0. The summed E-state index contributed by atoms with van der Waals surface area (Å²) in [6.45, 7) is 5.18. The van der Waals surface area contributed by atoms with Crippen LogP contribution in [0.2, 0.25) is 0 Å². The maximum absolute atomic E-state index is 12.0. The van der Waals surface area contributed by atoms with Gasteiger partial charge in [0.2, 0.25) is 0 Å². The summed E-state index contributed by atoms with van der Waals surface area (Å²) in [5.74, 6) is -1.48. The number of carbonyl (C=O) groups excluding carboxylic acids is 3. The van der Waals surface area contributed by atoms with Gasteiger partial charge in [0.05, 0.1) is 14.2 Å². The van der Waals surface area contributed by atoms with Crippen LogP contribution in [0.3, 0.4) is 0 Å². The quantitative estimate of drug-likeness (QED) is 0.0834. The van der Waals surface area contributed by atoms with Crippen LogP contribution in [0.15, 0.2) is 84.9 Å². The van der Waals surface area contributed by atoms with E-state index in [4.69, 9.17) is 15.2 Å². The number of nitrogens with two attached hydrogens (primary N) is 1. The number of nitrogens with one attached hydrogen (secondary N) is 2. The van der Waals surface area contributed by atoms with E-state index < -0.39 is 17.8 Å². The van der Waals surface area contributed by atoms with Crippen LogP contribution in [-0.4, -0.2) is 43.8 Å². The molecule has 50 heavy (non-hydrogen) atoms. The third-order valence-electron chi connectivity index (χ3n) is 7.82. The van der Waals surface area contributed by atoms with E-state index in [9.17, 15) is 19.5 Å². The van der Waals surface area contributed by atoms with E-state index in [-0.39, 0.29) is 29.2 Å². The molecule has 0 aliphatic rings. The fraction of sp³-hybridized carbons (Fsp3) is 0.325. The number of phenolic OH excluding ortho intramolecular Hbond substituents is 1. The number of primary amides is 1. The molecule has 10 heteroatoms. The Morgan fingerprint density at radius 1 is 0.640 bits per heavy atom. The third-order valence-corrected chi connectivity index (χ3v) is 7.82. The van der Waals surface area contributed by atoms with Crippen molar-refractivity contribution >= 4 is 29.2 Å². The molecule has 0 spiro atoms. The van der Waals surface area contributed by atoms with Gasteiger partial charge in [-0.1, -0.05) is 63.1 Å². The third kappa shape index (κ3) is 12.8. The minimum Gasteiger partial charge on any atom is -0.507 e. The zero-order valence-electron chi connectivity index (χ0n) is 29.4. The SMILES string of the molecule is CCCCc1ccc(NCc2ccc(O)c(C(=O)OC)c2)cc1.CCCCc1ccc(NCc2ccc(OCC(N)=O)c(C(=O)OC)c2)cc1. The highest BCUT2D eigenvalue weighted by Crippen LogP contribution is 2.23. The molecule has 0 radical (unpaired) electrons. The molecule has 0 fully saturated rings. The first-order chi connectivity index (χ1) is 24.2. The Morgan fingerprint density at radius 3 is 1.54 bits per heavy atom. The number of carbonyl (C=O) groups is 3. The number of anilines is 2. The summed E-state index contributed by atoms with van der Waals surface area (Å²) in [6, 6.07) is 26.8. The van der Waals surface area contributed by atoms with Crippen LogP contribution in [0.4, 0.5) is 11.4 Å². The van der Waals surface area contributed by atoms with Crippen LogP contribution in [0, 0.1) is 0 Å². The number of methoxy groups -OCH3 is 2. The highest BCUT2D eigenvalue weighted by Gasteiger charge is 2.15. The van der Waals surface area contributed by atoms with E-state index in [1.807, 2.05) is 6.07 Å². The van der Waals surface area contributed by atoms with Crippen LogP contribution in [-0.2, 0) is 40.2 Å². The van der Waals surface area contributed by atoms with E-state index in [1.165, 1.54) is 57.1 Å². The first kappa shape index (κ1) is 38.9. The first-order valence-electron chi connectivity index (χ1n) is 16.9. The molecular formula is C40H49N3O7. The zero-order chi connectivity index (χ0) is 36.3. The van der Waals surface area contributed by atoms with Crippen molar-refractivity contribution in [2.45, 2.75) is 65.5 Å². The zero-order valence-corrected chi connectivity index (χ0v) is 29.4. The molecule has 1 amide bonds. The molecule has 0 saturated heterocycles. The van der Waals surface area contributed by atoms with E-state index in [1.54, 1.807) is 24.3 Å². The van der Waals surface area contributed by atoms with E-state index in [0.29, 0.717) is 13.1 Å². The van der Waals surface area contributed by atoms with Gasteiger partial charge in [-0.05, 0) is 96.5 Å². The Bertz CT molecular complexity index is 1670. The van der Waals surface area contributed by atoms with E-state index >= 15 is 0 Å². The summed E-state index contributed by atoms with van der Waals surface area (Å²) in [6.07, 6.45) is 6.97. The molecule has 4 aromatic rings. The lowest BCUT2D eigenvalue weighted by molar-refractivity contribution is -0.119. The van der Waals surface area contributed by atoms with Gasteiger partial charge in [0.15, 0.2) is 6.61 Å². The largest absolute Gasteiger partial charge is 0.507 e. The predicted octanol–water partition coefficient (Wildman–Crippen LogP) is 7.43. The number of hydrogen-bond acceptors (Lipinski definition) is 9. The van der Waals surface area contributed by atoms with Gasteiger partial charge in [0.1, 0.15) is 22.6 Å². The Kier molecular flexibility index (Phi) is 16.2. The molecule has 4 aromatic carbocycles. The van der Waals surface area contributed by atoms with Crippen molar-refractivity contribution in [1.29, 1.82) is 0 Å². The van der Waals surface area contributed by atoms with Gasteiger partial charge < -0.3 is 35.7 Å². The molecular weight excluding hydrogens is 634 g/mol. The van der Waals surface area contributed by atoms with Crippen molar-refractivity contribution in [3.05, 3.63) is 118 Å². The van der Waals surface area contributed by atoms with Crippen molar-refractivity contribution in [3.8, 4) is 11.5 Å². The number of hydrogen-bond donors (Lipinski definition) is 4. The van der Waals surface area contributed by atoms with Crippen molar-refractivity contribution in [2.24, 2.45) is 5.73 Å². The van der Waals surface area contributed by atoms with Crippen molar-refractivity contribution in [3.63, 3.8) is 0 Å². The van der Waals surface area contributed by atoms with Crippen LogP contribution in [0.25, 0.3) is 0 Å². The molecule has 5 N–H and O–H groups in total. The lowest BCUT2D eigenvalue weighted by Gasteiger charge is -2.12. The molecule has 0 aliphatic carbocycles. The number of unbranched alkanes of at least 4 members (excludes halogenated alkanes) is 2. The van der Waals surface area contributed by atoms with Gasteiger partial charge in [-0.3, -0.25) is 4.79 Å². The van der Waals surface area contributed by atoms with Crippen LogP contribution < -0.4 is 21.1 Å². The molecule has 0 atom stereocenters. The average molecular weight is 684 g/mol. The lowest BCUT2D eigenvalue weighted by atomic mass is 10.1. The van der Waals surface area contributed by atoms with Gasteiger partial charge in [-0.25, -0.2) is 9.59 Å². The maximum Gasteiger partial charge on any atom is 0.341 e. The average Bonchev–Trinajstić information content (AvgIpc) is 3.14.